The Kier molecular flexibility index (Phi) is 5.62. The normalized spacial score (nSPS) is 17.7. The van der Waals surface area contributed by atoms with Crippen LogP contribution in [0.25, 0.3) is 0 Å². The minimum absolute atomic E-state index is 0.131. The van der Waals surface area contributed by atoms with Gasteiger partial charge in [-0.3, -0.25) is 9.69 Å². The van der Waals surface area contributed by atoms with Gasteiger partial charge in [-0.15, -0.1) is 0 Å². The van der Waals surface area contributed by atoms with Crippen LogP contribution in [0.15, 0.2) is 24.3 Å². The SMILES string of the molecule is CC(C(=O)NC1CCCCC1)N(C)Cc1cccc(N)c1. The molecule has 1 aliphatic rings. The van der Waals surface area contributed by atoms with Gasteiger partial charge in [0, 0.05) is 18.3 Å². The van der Waals surface area contributed by atoms with Gasteiger partial charge in [0.25, 0.3) is 0 Å². The zero-order chi connectivity index (χ0) is 15.2. The molecule has 1 aromatic carbocycles. The van der Waals surface area contributed by atoms with Crippen molar-refractivity contribution in [2.24, 2.45) is 0 Å². The van der Waals surface area contributed by atoms with Crippen LogP contribution >= 0.6 is 0 Å². The predicted molar refractivity (Wildman–Crippen MR) is 86.8 cm³/mol. The molecule has 0 spiro atoms. The highest BCUT2D eigenvalue weighted by Gasteiger charge is 2.22. The first kappa shape index (κ1) is 15.8. The Morgan fingerprint density at radius 2 is 2.10 bits per heavy atom. The zero-order valence-electron chi connectivity index (χ0n) is 13.1. The molecule has 1 aromatic rings. The lowest BCUT2D eigenvalue weighted by atomic mass is 9.95. The molecule has 1 atom stereocenters. The fourth-order valence-corrected chi connectivity index (χ4v) is 2.89. The summed E-state index contributed by atoms with van der Waals surface area (Å²) in [6, 6.07) is 8.07. The van der Waals surface area contributed by atoms with E-state index < -0.39 is 0 Å². The number of benzene rings is 1. The standard InChI is InChI=1S/C17H27N3O/c1-13(17(21)19-16-9-4-3-5-10-16)20(2)12-14-7-6-8-15(18)11-14/h6-8,11,13,16H,3-5,9-10,12,18H2,1-2H3,(H,19,21). The van der Waals surface area contributed by atoms with Gasteiger partial charge < -0.3 is 11.1 Å². The second-order valence-corrected chi connectivity index (χ2v) is 6.18. The second kappa shape index (κ2) is 7.46. The summed E-state index contributed by atoms with van der Waals surface area (Å²) in [6.07, 6.45) is 6.02. The minimum atomic E-state index is -0.131. The maximum absolute atomic E-state index is 12.3. The molecule has 0 heterocycles. The van der Waals surface area contributed by atoms with E-state index in [0.29, 0.717) is 6.04 Å². The monoisotopic (exact) mass is 289 g/mol. The van der Waals surface area contributed by atoms with Crippen molar-refractivity contribution >= 4 is 11.6 Å². The van der Waals surface area contributed by atoms with Crippen LogP contribution in [0, 0.1) is 0 Å². The van der Waals surface area contributed by atoms with Gasteiger partial charge in [-0.05, 0) is 44.5 Å². The summed E-state index contributed by atoms with van der Waals surface area (Å²) in [5.41, 5.74) is 7.69. The lowest BCUT2D eigenvalue weighted by Gasteiger charge is -2.28. The molecule has 1 saturated carbocycles. The number of carbonyl (C=O) groups excluding carboxylic acids is 1. The van der Waals surface area contributed by atoms with Gasteiger partial charge in [-0.25, -0.2) is 0 Å². The summed E-state index contributed by atoms with van der Waals surface area (Å²) in [4.78, 5) is 14.4. The summed E-state index contributed by atoms with van der Waals surface area (Å²) in [6.45, 7) is 2.69. The number of carbonyl (C=O) groups is 1. The zero-order valence-corrected chi connectivity index (χ0v) is 13.1. The van der Waals surface area contributed by atoms with E-state index in [1.54, 1.807) is 0 Å². The Balaban J connectivity index is 1.85. The molecular formula is C17H27N3O. The number of anilines is 1. The van der Waals surface area contributed by atoms with E-state index in [1.165, 1.54) is 19.3 Å². The molecule has 0 aromatic heterocycles. The quantitative estimate of drug-likeness (QED) is 0.819. The van der Waals surface area contributed by atoms with Crippen molar-refractivity contribution < 1.29 is 4.79 Å². The van der Waals surface area contributed by atoms with Crippen LogP contribution in [0.2, 0.25) is 0 Å². The van der Waals surface area contributed by atoms with Crippen molar-refractivity contribution in [3.05, 3.63) is 29.8 Å². The number of nitrogens with one attached hydrogen (secondary N) is 1. The van der Waals surface area contributed by atoms with Gasteiger partial charge in [-0.1, -0.05) is 31.4 Å². The first-order valence-electron chi connectivity index (χ1n) is 7.91. The van der Waals surface area contributed by atoms with E-state index in [0.717, 1.165) is 30.6 Å². The molecule has 3 N–H and O–H groups in total. The van der Waals surface area contributed by atoms with E-state index in [-0.39, 0.29) is 11.9 Å². The third-order valence-electron chi connectivity index (χ3n) is 4.38. The highest BCUT2D eigenvalue weighted by atomic mass is 16.2. The van der Waals surface area contributed by atoms with Crippen LogP contribution in [0.3, 0.4) is 0 Å². The lowest BCUT2D eigenvalue weighted by molar-refractivity contribution is -0.126. The molecule has 0 radical (unpaired) electrons. The number of likely N-dealkylation sites (N-methyl/N-ethyl adjacent to an activating group) is 1. The summed E-state index contributed by atoms with van der Waals surface area (Å²) in [5, 5.41) is 3.19. The average molecular weight is 289 g/mol. The highest BCUT2D eigenvalue weighted by Crippen LogP contribution is 2.18. The first-order valence-corrected chi connectivity index (χ1v) is 7.91. The summed E-state index contributed by atoms with van der Waals surface area (Å²) >= 11 is 0. The van der Waals surface area contributed by atoms with E-state index in [1.807, 2.05) is 38.2 Å². The second-order valence-electron chi connectivity index (χ2n) is 6.18. The van der Waals surface area contributed by atoms with Crippen molar-refractivity contribution in [1.82, 2.24) is 10.2 Å². The molecule has 0 bridgehead atoms. The molecule has 21 heavy (non-hydrogen) atoms. The van der Waals surface area contributed by atoms with Crippen molar-refractivity contribution in [2.75, 3.05) is 12.8 Å². The number of hydrogen-bond acceptors (Lipinski definition) is 3. The molecule has 0 aliphatic heterocycles. The van der Waals surface area contributed by atoms with Crippen LogP contribution in [0.4, 0.5) is 5.69 Å². The molecular weight excluding hydrogens is 262 g/mol. The molecule has 4 nitrogen and oxygen atoms in total. The number of nitrogens with two attached hydrogens (primary N) is 1. The maximum Gasteiger partial charge on any atom is 0.237 e. The number of amides is 1. The first-order chi connectivity index (χ1) is 10.1. The van der Waals surface area contributed by atoms with Gasteiger partial charge in [0.2, 0.25) is 5.91 Å². The van der Waals surface area contributed by atoms with Gasteiger partial charge in [0.1, 0.15) is 0 Å². The Morgan fingerprint density at radius 1 is 1.38 bits per heavy atom. The Morgan fingerprint density at radius 3 is 2.76 bits per heavy atom. The third kappa shape index (κ3) is 4.74. The van der Waals surface area contributed by atoms with Crippen LogP contribution < -0.4 is 11.1 Å². The number of nitrogen functional groups attached to an aromatic ring is 1. The maximum atomic E-state index is 12.3. The molecule has 4 heteroatoms. The highest BCUT2D eigenvalue weighted by molar-refractivity contribution is 5.81. The van der Waals surface area contributed by atoms with Gasteiger partial charge in [0.05, 0.1) is 6.04 Å². The molecule has 1 amide bonds. The van der Waals surface area contributed by atoms with E-state index in [4.69, 9.17) is 5.73 Å². The van der Waals surface area contributed by atoms with Gasteiger partial charge >= 0.3 is 0 Å². The van der Waals surface area contributed by atoms with Gasteiger partial charge in [0.15, 0.2) is 0 Å². The van der Waals surface area contributed by atoms with Crippen molar-refractivity contribution in [3.8, 4) is 0 Å². The fraction of sp³-hybridized carbons (Fsp3) is 0.588. The van der Waals surface area contributed by atoms with Gasteiger partial charge in [-0.2, -0.15) is 0 Å². The van der Waals surface area contributed by atoms with Crippen LogP contribution in [-0.4, -0.2) is 29.9 Å². The van der Waals surface area contributed by atoms with Crippen molar-refractivity contribution in [2.45, 2.75) is 57.7 Å². The van der Waals surface area contributed by atoms with E-state index in [9.17, 15) is 4.79 Å². The smallest absolute Gasteiger partial charge is 0.237 e. The molecule has 1 unspecified atom stereocenters. The van der Waals surface area contributed by atoms with Crippen LogP contribution in [-0.2, 0) is 11.3 Å². The Hall–Kier alpha value is -1.55. The molecule has 1 aliphatic carbocycles. The minimum Gasteiger partial charge on any atom is -0.399 e. The summed E-state index contributed by atoms with van der Waals surface area (Å²) in [7, 11) is 1.98. The molecule has 116 valence electrons. The van der Waals surface area contributed by atoms with Crippen LogP contribution in [0.1, 0.15) is 44.6 Å². The fourth-order valence-electron chi connectivity index (χ4n) is 2.89. The van der Waals surface area contributed by atoms with Crippen LogP contribution in [0.5, 0.6) is 0 Å². The van der Waals surface area contributed by atoms with E-state index in [2.05, 4.69) is 10.2 Å². The Labute approximate surface area is 127 Å². The lowest BCUT2D eigenvalue weighted by Crippen LogP contribution is -2.47. The summed E-state index contributed by atoms with van der Waals surface area (Å²) in [5.74, 6) is 0.133. The number of hydrogen-bond donors (Lipinski definition) is 2. The molecule has 1 fully saturated rings. The summed E-state index contributed by atoms with van der Waals surface area (Å²) < 4.78 is 0. The van der Waals surface area contributed by atoms with Crippen molar-refractivity contribution in [1.29, 1.82) is 0 Å². The molecule has 2 rings (SSSR count). The average Bonchev–Trinajstić information content (AvgIpc) is 2.47. The van der Waals surface area contributed by atoms with E-state index >= 15 is 0 Å². The third-order valence-corrected chi connectivity index (χ3v) is 4.38. The van der Waals surface area contributed by atoms with Crippen molar-refractivity contribution in [3.63, 3.8) is 0 Å². The Bertz CT molecular complexity index is 469. The number of nitrogens with zero attached hydrogens (tertiary/aromatic N) is 1. The predicted octanol–water partition coefficient (Wildman–Crippen LogP) is 2.54. The molecule has 0 saturated heterocycles. The topological polar surface area (TPSA) is 58.4 Å². The number of rotatable bonds is 5. The largest absolute Gasteiger partial charge is 0.399 e.